The van der Waals surface area contributed by atoms with E-state index < -0.39 is 0 Å². The molecule has 0 aromatic heterocycles. The Bertz CT molecular complexity index is 1620. The van der Waals surface area contributed by atoms with Gasteiger partial charge in [-0.1, -0.05) is 121 Å². The summed E-state index contributed by atoms with van der Waals surface area (Å²) in [6.07, 6.45) is 0. The van der Waals surface area contributed by atoms with E-state index in [9.17, 15) is 0 Å². The first-order valence-corrected chi connectivity index (χ1v) is 12.8. The van der Waals surface area contributed by atoms with Crippen molar-refractivity contribution in [3.8, 4) is 67.5 Å². The second-order valence-corrected chi connectivity index (χ2v) is 9.29. The van der Waals surface area contributed by atoms with Crippen LogP contribution in [0.3, 0.4) is 0 Å². The monoisotopic (exact) mass is 488 g/mol. The molecule has 6 aromatic rings. The Hall–Kier alpha value is -5.08. The van der Waals surface area contributed by atoms with E-state index in [0.29, 0.717) is 0 Å². The molecule has 38 heavy (non-hydrogen) atoms. The minimum Gasteiger partial charge on any atom is -0.456 e. The Morgan fingerprint density at radius 1 is 0.263 bits per heavy atom. The summed E-state index contributed by atoms with van der Waals surface area (Å²) in [5.74, 6) is 3.14. The van der Waals surface area contributed by atoms with E-state index in [1.54, 1.807) is 0 Å². The first-order valence-electron chi connectivity index (χ1n) is 12.8. The average Bonchev–Trinajstić information content (AvgIpc) is 2.99. The third-order valence-corrected chi connectivity index (χ3v) is 6.97. The Kier molecular flexibility index (Phi) is 5.49. The molecular weight excluding hydrogens is 464 g/mol. The van der Waals surface area contributed by atoms with E-state index in [2.05, 4.69) is 84.9 Å². The Balaban J connectivity index is 1.56. The van der Waals surface area contributed by atoms with Crippen LogP contribution in [0.5, 0.6) is 23.0 Å². The minimum absolute atomic E-state index is 0.785. The van der Waals surface area contributed by atoms with Crippen molar-refractivity contribution in [2.75, 3.05) is 0 Å². The van der Waals surface area contributed by atoms with Gasteiger partial charge < -0.3 is 9.47 Å². The number of hydrogen-bond donors (Lipinski definition) is 0. The lowest BCUT2D eigenvalue weighted by Gasteiger charge is -2.24. The zero-order valence-corrected chi connectivity index (χ0v) is 20.7. The largest absolute Gasteiger partial charge is 0.456 e. The van der Waals surface area contributed by atoms with E-state index in [-0.39, 0.29) is 0 Å². The summed E-state index contributed by atoms with van der Waals surface area (Å²) >= 11 is 0. The summed E-state index contributed by atoms with van der Waals surface area (Å²) in [6, 6.07) is 49.8. The highest BCUT2D eigenvalue weighted by Crippen LogP contribution is 2.51. The molecule has 2 nitrogen and oxygen atoms in total. The maximum atomic E-state index is 6.90. The van der Waals surface area contributed by atoms with Crippen molar-refractivity contribution in [1.82, 2.24) is 0 Å². The van der Waals surface area contributed by atoms with Crippen molar-refractivity contribution in [2.24, 2.45) is 0 Å². The fourth-order valence-corrected chi connectivity index (χ4v) is 5.27. The predicted octanol–water partition coefficient (Wildman–Crippen LogP) is 10.3. The third kappa shape index (κ3) is 3.84. The van der Waals surface area contributed by atoms with Crippen molar-refractivity contribution in [1.29, 1.82) is 0 Å². The van der Waals surface area contributed by atoms with Gasteiger partial charge in [-0.2, -0.15) is 0 Å². The lowest BCUT2D eigenvalue weighted by atomic mass is 9.91. The van der Waals surface area contributed by atoms with E-state index in [1.165, 1.54) is 0 Å². The molecule has 2 heteroatoms. The highest BCUT2D eigenvalue weighted by Gasteiger charge is 2.24. The molecular formula is C36H24O2. The van der Waals surface area contributed by atoms with Crippen LogP contribution in [-0.2, 0) is 0 Å². The lowest BCUT2D eigenvalue weighted by Crippen LogP contribution is -2.00. The van der Waals surface area contributed by atoms with E-state index in [1.807, 2.05) is 60.7 Å². The molecule has 0 amide bonds. The number of hydrogen-bond acceptors (Lipinski definition) is 2. The molecule has 0 atom stereocenters. The molecule has 0 radical (unpaired) electrons. The third-order valence-electron chi connectivity index (χ3n) is 6.97. The molecule has 180 valence electrons. The fraction of sp³-hybridized carbons (Fsp3) is 0. The standard InChI is InChI=1S/C36H24O2/c1-3-13-25(14-4-1)27-19-11-23-33-35(27)29-17-7-9-21-31(29)37-32-22-10-8-18-30(32)36-28(20-12-24-34(36)38-33)26-15-5-2-6-16-26/h1-24H. The molecule has 1 heterocycles. The van der Waals surface area contributed by atoms with Crippen molar-refractivity contribution in [2.45, 2.75) is 0 Å². The number of ether oxygens (including phenoxy) is 2. The molecule has 0 saturated heterocycles. The van der Waals surface area contributed by atoms with Gasteiger partial charge in [-0.3, -0.25) is 0 Å². The van der Waals surface area contributed by atoms with Crippen LogP contribution in [0.15, 0.2) is 146 Å². The molecule has 1 aliphatic heterocycles. The maximum absolute atomic E-state index is 6.90. The topological polar surface area (TPSA) is 18.5 Å². The van der Waals surface area contributed by atoms with Crippen molar-refractivity contribution in [3.05, 3.63) is 146 Å². The quantitative estimate of drug-likeness (QED) is 0.241. The Morgan fingerprint density at radius 2 is 0.605 bits per heavy atom. The van der Waals surface area contributed by atoms with Gasteiger partial charge in [0.05, 0.1) is 0 Å². The predicted molar refractivity (Wildman–Crippen MR) is 155 cm³/mol. The first kappa shape index (κ1) is 22.1. The average molecular weight is 489 g/mol. The minimum atomic E-state index is 0.785. The van der Waals surface area contributed by atoms with Gasteiger partial charge in [-0.25, -0.2) is 0 Å². The van der Waals surface area contributed by atoms with Gasteiger partial charge >= 0.3 is 0 Å². The van der Waals surface area contributed by atoms with Crippen molar-refractivity contribution in [3.63, 3.8) is 0 Å². The molecule has 0 N–H and O–H groups in total. The van der Waals surface area contributed by atoms with Crippen LogP contribution in [0.1, 0.15) is 0 Å². The Morgan fingerprint density at radius 3 is 1.08 bits per heavy atom. The molecule has 0 fully saturated rings. The highest BCUT2D eigenvalue weighted by molar-refractivity contribution is 5.94. The molecule has 0 bridgehead atoms. The van der Waals surface area contributed by atoms with E-state index in [4.69, 9.17) is 9.47 Å². The van der Waals surface area contributed by atoms with Crippen molar-refractivity contribution < 1.29 is 9.47 Å². The summed E-state index contributed by atoms with van der Waals surface area (Å²) in [5.41, 5.74) is 8.41. The smallest absolute Gasteiger partial charge is 0.136 e. The fourth-order valence-electron chi connectivity index (χ4n) is 5.27. The molecule has 1 aliphatic rings. The van der Waals surface area contributed by atoms with Crippen LogP contribution < -0.4 is 9.47 Å². The van der Waals surface area contributed by atoms with Crippen LogP contribution >= 0.6 is 0 Å². The van der Waals surface area contributed by atoms with Gasteiger partial charge in [0.15, 0.2) is 0 Å². The Labute approximate surface area is 222 Å². The van der Waals surface area contributed by atoms with E-state index in [0.717, 1.165) is 67.5 Å². The lowest BCUT2D eigenvalue weighted by molar-refractivity contribution is 0.472. The molecule has 0 spiro atoms. The summed E-state index contributed by atoms with van der Waals surface area (Å²) in [6.45, 7) is 0. The van der Waals surface area contributed by atoms with Crippen LogP contribution in [-0.4, -0.2) is 0 Å². The molecule has 0 aliphatic carbocycles. The second-order valence-electron chi connectivity index (χ2n) is 9.29. The molecule has 6 aromatic carbocycles. The normalized spacial score (nSPS) is 11.6. The summed E-state index contributed by atoms with van der Waals surface area (Å²) in [7, 11) is 0. The van der Waals surface area contributed by atoms with Gasteiger partial charge in [-0.05, 0) is 46.5 Å². The summed E-state index contributed by atoms with van der Waals surface area (Å²) in [5, 5.41) is 0. The van der Waals surface area contributed by atoms with Crippen LogP contribution in [0.4, 0.5) is 0 Å². The SMILES string of the molecule is c1ccc(-c2cccc3c2-c2ccccc2Oc2ccccc2-c2c(cccc2-c2ccccc2)O3)cc1. The maximum Gasteiger partial charge on any atom is 0.136 e. The van der Waals surface area contributed by atoms with Gasteiger partial charge in [0.25, 0.3) is 0 Å². The molecule has 7 rings (SSSR count). The zero-order valence-electron chi connectivity index (χ0n) is 20.7. The van der Waals surface area contributed by atoms with Crippen LogP contribution in [0, 0.1) is 0 Å². The number of fused-ring (bicyclic) bond motifs is 6. The van der Waals surface area contributed by atoms with Crippen molar-refractivity contribution >= 4 is 0 Å². The van der Waals surface area contributed by atoms with Gasteiger partial charge in [0, 0.05) is 22.3 Å². The summed E-state index contributed by atoms with van der Waals surface area (Å²) in [4.78, 5) is 0. The van der Waals surface area contributed by atoms with Crippen LogP contribution in [0.2, 0.25) is 0 Å². The molecule has 0 unspecified atom stereocenters. The highest BCUT2D eigenvalue weighted by atomic mass is 16.5. The van der Waals surface area contributed by atoms with Gasteiger partial charge in [0.1, 0.15) is 23.0 Å². The van der Waals surface area contributed by atoms with Gasteiger partial charge in [0.2, 0.25) is 0 Å². The van der Waals surface area contributed by atoms with E-state index >= 15 is 0 Å². The van der Waals surface area contributed by atoms with Gasteiger partial charge in [-0.15, -0.1) is 0 Å². The number of para-hydroxylation sites is 2. The zero-order chi connectivity index (χ0) is 25.3. The first-order chi connectivity index (χ1) is 18.9. The van der Waals surface area contributed by atoms with Crippen LogP contribution in [0.25, 0.3) is 44.5 Å². The number of benzene rings is 6. The second kappa shape index (κ2) is 9.42. The summed E-state index contributed by atoms with van der Waals surface area (Å²) < 4.78 is 13.7. The number of rotatable bonds is 2. The molecule has 0 saturated carbocycles.